The van der Waals surface area contributed by atoms with E-state index in [1.165, 1.54) is 0 Å². The molecule has 0 unspecified atom stereocenters. The van der Waals surface area contributed by atoms with E-state index in [2.05, 4.69) is 29.3 Å². The molecular formula is C22H30N4O3. The highest BCUT2D eigenvalue weighted by Crippen LogP contribution is 2.31. The molecule has 0 saturated carbocycles. The van der Waals surface area contributed by atoms with Gasteiger partial charge >= 0.3 is 0 Å². The molecular weight excluding hydrogens is 368 g/mol. The van der Waals surface area contributed by atoms with Gasteiger partial charge in [-0.3, -0.25) is 0 Å². The van der Waals surface area contributed by atoms with Crippen LogP contribution in [0.25, 0.3) is 0 Å². The number of hydrogen-bond acceptors (Lipinski definition) is 6. The van der Waals surface area contributed by atoms with Gasteiger partial charge in [-0.05, 0) is 24.8 Å². The van der Waals surface area contributed by atoms with E-state index in [0.29, 0.717) is 25.6 Å². The van der Waals surface area contributed by atoms with Crippen LogP contribution >= 0.6 is 0 Å². The number of para-hydroxylation sites is 1. The zero-order valence-corrected chi connectivity index (χ0v) is 17.4. The molecule has 7 heteroatoms. The van der Waals surface area contributed by atoms with E-state index < -0.39 is 0 Å². The molecule has 1 aromatic carbocycles. The highest BCUT2D eigenvalue weighted by Gasteiger charge is 2.11. The van der Waals surface area contributed by atoms with E-state index in [1.807, 2.05) is 41.4 Å². The number of ether oxygens (including phenoxy) is 2. The summed E-state index contributed by atoms with van der Waals surface area (Å²) >= 11 is 0. The van der Waals surface area contributed by atoms with Crippen molar-refractivity contribution in [2.45, 2.75) is 46.3 Å². The Hall–Kier alpha value is -2.80. The van der Waals surface area contributed by atoms with Crippen LogP contribution in [0.4, 0.5) is 0 Å². The predicted octanol–water partition coefficient (Wildman–Crippen LogP) is 3.84. The highest BCUT2D eigenvalue weighted by molar-refractivity contribution is 5.46. The molecule has 3 rings (SSSR count). The van der Waals surface area contributed by atoms with Gasteiger partial charge in [-0.1, -0.05) is 31.1 Å². The van der Waals surface area contributed by atoms with Crippen molar-refractivity contribution in [3.8, 4) is 11.5 Å². The second-order valence-electron chi connectivity index (χ2n) is 7.44. The molecule has 0 amide bonds. The first-order chi connectivity index (χ1) is 14.2. The van der Waals surface area contributed by atoms with Gasteiger partial charge in [0, 0.05) is 37.1 Å². The molecule has 0 aliphatic heterocycles. The predicted molar refractivity (Wildman–Crippen MR) is 111 cm³/mol. The lowest BCUT2D eigenvalue weighted by molar-refractivity contribution is 0.279. The molecule has 0 bridgehead atoms. The fraction of sp³-hybridized carbons (Fsp3) is 0.455. The van der Waals surface area contributed by atoms with Crippen LogP contribution in [0.3, 0.4) is 0 Å². The average Bonchev–Trinajstić information content (AvgIpc) is 3.37. The van der Waals surface area contributed by atoms with Crippen molar-refractivity contribution < 1.29 is 14.0 Å². The highest BCUT2D eigenvalue weighted by atomic mass is 16.5. The van der Waals surface area contributed by atoms with Gasteiger partial charge < -0.3 is 23.9 Å². The van der Waals surface area contributed by atoms with Gasteiger partial charge in [0.1, 0.15) is 0 Å². The fourth-order valence-corrected chi connectivity index (χ4v) is 3.14. The maximum Gasteiger partial charge on any atom is 0.165 e. The zero-order chi connectivity index (χ0) is 20.5. The molecule has 0 radical (unpaired) electrons. The van der Waals surface area contributed by atoms with Crippen LogP contribution < -0.4 is 14.8 Å². The molecule has 2 heterocycles. The summed E-state index contributed by atoms with van der Waals surface area (Å²) in [4.78, 5) is 4.06. The molecule has 0 aliphatic rings. The Labute approximate surface area is 172 Å². The number of aromatic nitrogens is 3. The van der Waals surface area contributed by atoms with E-state index in [1.54, 1.807) is 13.3 Å². The van der Waals surface area contributed by atoms with Crippen LogP contribution in [0.15, 0.2) is 47.5 Å². The molecule has 2 aromatic heterocycles. The summed E-state index contributed by atoms with van der Waals surface area (Å²) in [6.07, 6.45) is 7.36. The first kappa shape index (κ1) is 20.9. The zero-order valence-electron chi connectivity index (χ0n) is 17.4. The maximum atomic E-state index is 6.07. The quantitative estimate of drug-likeness (QED) is 0.467. The lowest BCUT2D eigenvalue weighted by atomic mass is 10.1. The molecule has 3 aromatic rings. The Kier molecular flexibility index (Phi) is 7.69. The molecule has 0 saturated heterocycles. The number of rotatable bonds is 12. The molecule has 29 heavy (non-hydrogen) atoms. The molecule has 0 aliphatic carbocycles. The van der Waals surface area contributed by atoms with Crippen molar-refractivity contribution >= 4 is 0 Å². The summed E-state index contributed by atoms with van der Waals surface area (Å²) in [5.41, 5.74) is 2.05. The Balaban J connectivity index is 1.53. The van der Waals surface area contributed by atoms with Gasteiger partial charge in [0.15, 0.2) is 17.3 Å². The summed E-state index contributed by atoms with van der Waals surface area (Å²) in [5, 5.41) is 7.54. The largest absolute Gasteiger partial charge is 0.493 e. The van der Waals surface area contributed by atoms with E-state index in [-0.39, 0.29) is 0 Å². The third-order valence-corrected chi connectivity index (χ3v) is 4.49. The number of nitrogens with one attached hydrogen (secondary N) is 1. The fourth-order valence-electron chi connectivity index (χ4n) is 3.14. The van der Waals surface area contributed by atoms with Crippen molar-refractivity contribution in [2.75, 3.05) is 13.7 Å². The smallest absolute Gasteiger partial charge is 0.165 e. The Bertz CT molecular complexity index is 859. The topological polar surface area (TPSA) is 74.3 Å². The molecule has 0 atom stereocenters. The minimum Gasteiger partial charge on any atom is -0.493 e. The molecule has 0 fully saturated rings. The number of methoxy groups -OCH3 is 1. The molecule has 0 spiro atoms. The summed E-state index contributed by atoms with van der Waals surface area (Å²) in [5.74, 6) is 2.93. The van der Waals surface area contributed by atoms with Crippen LogP contribution in [-0.4, -0.2) is 28.4 Å². The van der Waals surface area contributed by atoms with Crippen molar-refractivity contribution in [3.63, 3.8) is 0 Å². The lowest BCUT2D eigenvalue weighted by Crippen LogP contribution is -2.14. The van der Waals surface area contributed by atoms with E-state index >= 15 is 0 Å². The van der Waals surface area contributed by atoms with E-state index in [9.17, 15) is 0 Å². The number of imidazole rings is 1. The number of benzene rings is 1. The SMILES string of the molecule is COc1cccc(CNCc2cc(CC(C)C)no2)c1OCCCn1ccnc1. The monoisotopic (exact) mass is 398 g/mol. The minimum absolute atomic E-state index is 0.561. The van der Waals surface area contributed by atoms with Crippen molar-refractivity contribution in [1.29, 1.82) is 0 Å². The molecule has 1 N–H and O–H groups in total. The molecule has 156 valence electrons. The minimum atomic E-state index is 0.561. The van der Waals surface area contributed by atoms with Gasteiger partial charge in [-0.25, -0.2) is 4.98 Å². The summed E-state index contributed by atoms with van der Waals surface area (Å²) in [6.45, 7) is 7.08. The standard InChI is InChI=1S/C22H30N4O3/c1-17(2)12-19-13-20(29-25-19)15-24-14-18-6-4-7-21(27-3)22(18)28-11-5-9-26-10-8-23-16-26/h4,6-8,10,13,16-17,24H,5,9,11-12,14-15H2,1-3H3. The van der Waals surface area contributed by atoms with E-state index in [4.69, 9.17) is 14.0 Å². The first-order valence-corrected chi connectivity index (χ1v) is 10.0. The van der Waals surface area contributed by atoms with Gasteiger partial charge in [-0.15, -0.1) is 0 Å². The third-order valence-electron chi connectivity index (χ3n) is 4.49. The van der Waals surface area contributed by atoms with Crippen molar-refractivity contribution in [2.24, 2.45) is 5.92 Å². The summed E-state index contributed by atoms with van der Waals surface area (Å²) in [6, 6.07) is 7.96. The number of hydrogen-bond donors (Lipinski definition) is 1. The lowest BCUT2D eigenvalue weighted by Gasteiger charge is -2.15. The second kappa shape index (κ2) is 10.7. The van der Waals surface area contributed by atoms with Crippen LogP contribution in [0, 0.1) is 5.92 Å². The normalized spacial score (nSPS) is 11.2. The Morgan fingerprint density at radius 3 is 2.90 bits per heavy atom. The Morgan fingerprint density at radius 2 is 2.14 bits per heavy atom. The average molecular weight is 399 g/mol. The molecule has 7 nitrogen and oxygen atoms in total. The summed E-state index contributed by atoms with van der Waals surface area (Å²) in [7, 11) is 1.66. The summed E-state index contributed by atoms with van der Waals surface area (Å²) < 4.78 is 19.0. The number of aryl methyl sites for hydroxylation is 1. The van der Waals surface area contributed by atoms with Crippen molar-refractivity contribution in [3.05, 3.63) is 60.0 Å². The second-order valence-corrected chi connectivity index (χ2v) is 7.44. The van der Waals surface area contributed by atoms with Crippen LogP contribution in [0.5, 0.6) is 11.5 Å². The van der Waals surface area contributed by atoms with Crippen LogP contribution in [-0.2, 0) is 26.1 Å². The van der Waals surface area contributed by atoms with Crippen LogP contribution in [0.2, 0.25) is 0 Å². The third kappa shape index (κ3) is 6.35. The van der Waals surface area contributed by atoms with Crippen LogP contribution in [0.1, 0.15) is 37.3 Å². The maximum absolute atomic E-state index is 6.07. The van der Waals surface area contributed by atoms with E-state index in [0.717, 1.165) is 47.9 Å². The first-order valence-electron chi connectivity index (χ1n) is 10.0. The van der Waals surface area contributed by atoms with Gasteiger partial charge in [0.2, 0.25) is 0 Å². The van der Waals surface area contributed by atoms with Gasteiger partial charge in [0.05, 0.1) is 32.3 Å². The number of nitrogens with zero attached hydrogens (tertiary/aromatic N) is 3. The van der Waals surface area contributed by atoms with Crippen molar-refractivity contribution in [1.82, 2.24) is 20.0 Å². The van der Waals surface area contributed by atoms with Gasteiger partial charge in [-0.2, -0.15) is 0 Å². The Morgan fingerprint density at radius 1 is 1.24 bits per heavy atom. The van der Waals surface area contributed by atoms with Gasteiger partial charge in [0.25, 0.3) is 0 Å².